The number of rotatable bonds is 2. The second-order valence-corrected chi connectivity index (χ2v) is 5.67. The maximum absolute atomic E-state index is 13.1. The molecule has 2 rings (SSSR count). The molecule has 1 aromatic rings. The Kier molecular flexibility index (Phi) is 4.08. The van der Waals surface area contributed by atoms with E-state index < -0.39 is 5.82 Å². The van der Waals surface area contributed by atoms with Crippen LogP contribution in [-0.2, 0) is 0 Å². The Labute approximate surface area is 113 Å². The fourth-order valence-corrected chi connectivity index (χ4v) is 2.63. The van der Waals surface area contributed by atoms with Crippen LogP contribution in [0.25, 0.3) is 0 Å². The van der Waals surface area contributed by atoms with E-state index in [1.54, 1.807) is 0 Å². The van der Waals surface area contributed by atoms with E-state index in [1.807, 2.05) is 0 Å². The molecule has 1 aliphatic rings. The van der Waals surface area contributed by atoms with E-state index in [4.69, 9.17) is 5.73 Å². The van der Waals surface area contributed by atoms with Crippen LogP contribution >= 0.6 is 0 Å². The van der Waals surface area contributed by atoms with Crippen LogP contribution in [0.15, 0.2) is 18.2 Å². The fourth-order valence-electron chi connectivity index (χ4n) is 2.63. The molecule has 3 nitrogen and oxygen atoms in total. The molecule has 1 aromatic carbocycles. The number of anilines is 1. The quantitative estimate of drug-likeness (QED) is 0.807. The third-order valence-corrected chi connectivity index (χ3v) is 4.19. The number of hydrogen-bond donors (Lipinski definition) is 2. The lowest BCUT2D eigenvalue weighted by Crippen LogP contribution is -2.39. The number of halogens is 1. The molecular weight excluding hydrogens is 243 g/mol. The largest absolute Gasteiger partial charge is 0.396 e. The predicted octanol–water partition coefficient (Wildman–Crippen LogP) is 2.96. The summed E-state index contributed by atoms with van der Waals surface area (Å²) in [4.78, 5) is 12.1. The van der Waals surface area contributed by atoms with Crippen LogP contribution < -0.4 is 11.1 Å². The lowest BCUT2D eigenvalue weighted by Gasteiger charge is -2.32. The summed E-state index contributed by atoms with van der Waals surface area (Å²) in [5.74, 6) is 0.682. The van der Waals surface area contributed by atoms with Crippen molar-refractivity contribution in [3.63, 3.8) is 0 Å². The van der Waals surface area contributed by atoms with Gasteiger partial charge in [0.1, 0.15) is 5.82 Å². The van der Waals surface area contributed by atoms with Crippen LogP contribution in [0.2, 0.25) is 0 Å². The van der Waals surface area contributed by atoms with Gasteiger partial charge in [0.2, 0.25) is 0 Å². The Balaban J connectivity index is 1.99. The van der Waals surface area contributed by atoms with Crippen molar-refractivity contribution < 1.29 is 9.18 Å². The monoisotopic (exact) mass is 264 g/mol. The van der Waals surface area contributed by atoms with Crippen molar-refractivity contribution >= 4 is 11.6 Å². The van der Waals surface area contributed by atoms with Gasteiger partial charge < -0.3 is 11.1 Å². The molecule has 0 spiro atoms. The standard InChI is InChI=1S/C15H21FN2O/c1-9-3-5-12(7-10(9)2)18-15(19)11-4-6-13(16)14(17)8-11/h4,6,8-10,12H,3,5,7,17H2,1-2H3,(H,18,19). The third kappa shape index (κ3) is 3.25. The average Bonchev–Trinajstić information content (AvgIpc) is 2.37. The molecule has 0 aromatic heterocycles. The van der Waals surface area contributed by atoms with E-state index in [-0.39, 0.29) is 17.6 Å². The second kappa shape index (κ2) is 5.59. The zero-order valence-electron chi connectivity index (χ0n) is 11.4. The Morgan fingerprint density at radius 3 is 2.68 bits per heavy atom. The summed E-state index contributed by atoms with van der Waals surface area (Å²) in [6, 6.07) is 4.30. The molecule has 104 valence electrons. The van der Waals surface area contributed by atoms with E-state index in [9.17, 15) is 9.18 Å². The molecule has 0 radical (unpaired) electrons. The summed E-state index contributed by atoms with van der Waals surface area (Å²) in [6.45, 7) is 4.47. The SMILES string of the molecule is CC1CCC(NC(=O)c2ccc(F)c(N)c2)CC1C. The first-order valence-corrected chi connectivity index (χ1v) is 6.83. The summed E-state index contributed by atoms with van der Waals surface area (Å²) in [5.41, 5.74) is 5.91. The zero-order chi connectivity index (χ0) is 14.0. The molecule has 4 heteroatoms. The first-order valence-electron chi connectivity index (χ1n) is 6.83. The summed E-state index contributed by atoms with van der Waals surface area (Å²) in [6.07, 6.45) is 3.15. The summed E-state index contributed by atoms with van der Waals surface area (Å²) in [5, 5.41) is 3.02. The number of nitrogen functional groups attached to an aromatic ring is 1. The number of benzene rings is 1. The van der Waals surface area contributed by atoms with Crippen LogP contribution in [0.4, 0.5) is 10.1 Å². The third-order valence-electron chi connectivity index (χ3n) is 4.19. The minimum absolute atomic E-state index is 0.0123. The lowest BCUT2D eigenvalue weighted by molar-refractivity contribution is 0.0910. The van der Waals surface area contributed by atoms with Crippen LogP contribution in [0.3, 0.4) is 0 Å². The van der Waals surface area contributed by atoms with Crippen molar-refractivity contribution in [2.75, 3.05) is 5.73 Å². The molecule has 1 fully saturated rings. The molecule has 3 N–H and O–H groups in total. The predicted molar refractivity (Wildman–Crippen MR) is 74.2 cm³/mol. The van der Waals surface area contributed by atoms with Gasteiger partial charge in [0.15, 0.2) is 0 Å². The Morgan fingerprint density at radius 2 is 2.05 bits per heavy atom. The Morgan fingerprint density at radius 1 is 1.32 bits per heavy atom. The normalized spacial score (nSPS) is 27.0. The smallest absolute Gasteiger partial charge is 0.251 e. The molecular formula is C15H21FN2O. The molecule has 1 saturated carbocycles. The lowest BCUT2D eigenvalue weighted by atomic mass is 9.79. The van der Waals surface area contributed by atoms with Crippen molar-refractivity contribution in [3.05, 3.63) is 29.6 Å². The van der Waals surface area contributed by atoms with Crippen molar-refractivity contribution in [1.29, 1.82) is 0 Å². The highest BCUT2D eigenvalue weighted by molar-refractivity contribution is 5.95. The van der Waals surface area contributed by atoms with Gasteiger partial charge in [0, 0.05) is 11.6 Å². The van der Waals surface area contributed by atoms with Gasteiger partial charge in [-0.1, -0.05) is 13.8 Å². The van der Waals surface area contributed by atoms with Gasteiger partial charge in [-0.25, -0.2) is 4.39 Å². The van der Waals surface area contributed by atoms with Crippen LogP contribution in [0, 0.1) is 17.7 Å². The number of amides is 1. The van der Waals surface area contributed by atoms with E-state index in [0.717, 1.165) is 25.2 Å². The second-order valence-electron chi connectivity index (χ2n) is 5.67. The maximum Gasteiger partial charge on any atom is 0.251 e. The van der Waals surface area contributed by atoms with Gasteiger partial charge >= 0.3 is 0 Å². The number of carbonyl (C=O) groups excluding carboxylic acids is 1. The van der Waals surface area contributed by atoms with Crippen molar-refractivity contribution in [2.24, 2.45) is 11.8 Å². The molecule has 0 saturated heterocycles. The molecule has 0 bridgehead atoms. The summed E-state index contributed by atoms with van der Waals surface area (Å²) >= 11 is 0. The van der Waals surface area contributed by atoms with E-state index in [0.29, 0.717) is 11.5 Å². The summed E-state index contributed by atoms with van der Waals surface area (Å²) in [7, 11) is 0. The van der Waals surface area contributed by atoms with Crippen molar-refractivity contribution in [3.8, 4) is 0 Å². The van der Waals surface area contributed by atoms with Crippen molar-refractivity contribution in [1.82, 2.24) is 5.32 Å². The Hall–Kier alpha value is -1.58. The van der Waals surface area contributed by atoms with Crippen LogP contribution in [0.5, 0.6) is 0 Å². The maximum atomic E-state index is 13.1. The number of nitrogens with one attached hydrogen (secondary N) is 1. The van der Waals surface area contributed by atoms with Crippen molar-refractivity contribution in [2.45, 2.75) is 39.2 Å². The minimum atomic E-state index is -0.489. The van der Waals surface area contributed by atoms with Crippen LogP contribution in [0.1, 0.15) is 43.5 Å². The van der Waals surface area contributed by atoms with Gasteiger partial charge in [-0.3, -0.25) is 4.79 Å². The highest BCUT2D eigenvalue weighted by atomic mass is 19.1. The molecule has 1 amide bonds. The van der Waals surface area contributed by atoms with E-state index in [1.165, 1.54) is 18.2 Å². The molecule has 3 unspecified atom stereocenters. The molecule has 0 aliphatic heterocycles. The first-order chi connectivity index (χ1) is 8.97. The number of nitrogens with two attached hydrogens (primary N) is 1. The zero-order valence-corrected chi connectivity index (χ0v) is 11.4. The van der Waals surface area contributed by atoms with Gasteiger partial charge in [0.25, 0.3) is 5.91 Å². The van der Waals surface area contributed by atoms with Gasteiger partial charge in [-0.05, 0) is 49.3 Å². The van der Waals surface area contributed by atoms with Gasteiger partial charge in [-0.15, -0.1) is 0 Å². The van der Waals surface area contributed by atoms with Crippen LogP contribution in [-0.4, -0.2) is 11.9 Å². The molecule has 3 atom stereocenters. The highest BCUT2D eigenvalue weighted by Crippen LogP contribution is 2.29. The number of hydrogen-bond acceptors (Lipinski definition) is 2. The average molecular weight is 264 g/mol. The molecule has 1 aliphatic carbocycles. The topological polar surface area (TPSA) is 55.1 Å². The summed E-state index contributed by atoms with van der Waals surface area (Å²) < 4.78 is 13.1. The molecule has 0 heterocycles. The fraction of sp³-hybridized carbons (Fsp3) is 0.533. The van der Waals surface area contributed by atoms with E-state index in [2.05, 4.69) is 19.2 Å². The number of carbonyl (C=O) groups is 1. The minimum Gasteiger partial charge on any atom is -0.396 e. The Bertz CT molecular complexity index is 475. The van der Waals surface area contributed by atoms with E-state index >= 15 is 0 Å². The molecule has 19 heavy (non-hydrogen) atoms. The highest BCUT2D eigenvalue weighted by Gasteiger charge is 2.25. The van der Waals surface area contributed by atoms with Gasteiger partial charge in [-0.2, -0.15) is 0 Å². The van der Waals surface area contributed by atoms with Gasteiger partial charge in [0.05, 0.1) is 5.69 Å². The first kappa shape index (κ1) is 13.8.